The van der Waals surface area contributed by atoms with Crippen LogP contribution in [0.5, 0.6) is 0 Å². The Hall–Kier alpha value is -0.570. The molecule has 3 heteroatoms. The summed E-state index contributed by atoms with van der Waals surface area (Å²) < 4.78 is 5.47. The second-order valence-corrected chi connectivity index (χ2v) is 8.14. The number of carbonyl (C=O) groups is 1. The van der Waals surface area contributed by atoms with E-state index in [1.54, 1.807) is 0 Å². The van der Waals surface area contributed by atoms with Crippen LogP contribution in [-0.4, -0.2) is 23.8 Å². The Morgan fingerprint density at radius 2 is 1.00 bits per heavy atom. The topological polar surface area (TPSA) is 46.5 Å². The lowest BCUT2D eigenvalue weighted by molar-refractivity contribution is -0.150. The van der Waals surface area contributed by atoms with Crippen LogP contribution in [-0.2, 0) is 9.53 Å². The Kier molecular flexibility index (Phi) is 21.3. The van der Waals surface area contributed by atoms with E-state index in [0.717, 1.165) is 19.3 Å². The lowest BCUT2D eigenvalue weighted by Crippen LogP contribution is -2.24. The molecule has 0 saturated heterocycles. The molecular formula is C24H48O3. The first-order valence-electron chi connectivity index (χ1n) is 12.1. The summed E-state index contributed by atoms with van der Waals surface area (Å²) in [6.07, 6.45) is 24.0. The molecule has 0 fully saturated rings. The molecule has 0 aliphatic rings. The molecule has 0 spiro atoms. The normalized spacial score (nSPS) is 12.4. The maximum absolute atomic E-state index is 11.0. The smallest absolute Gasteiger partial charge is 0.332 e. The molecule has 0 rings (SSSR count). The third-order valence-corrected chi connectivity index (χ3v) is 5.39. The third-order valence-electron chi connectivity index (χ3n) is 5.39. The zero-order chi connectivity index (χ0) is 20.0. The molecule has 27 heavy (non-hydrogen) atoms. The second-order valence-electron chi connectivity index (χ2n) is 8.14. The average molecular weight is 385 g/mol. The highest BCUT2D eigenvalue weighted by Crippen LogP contribution is 2.14. The lowest BCUT2D eigenvalue weighted by atomic mass is 10.0. The molecule has 0 aromatic carbocycles. The minimum Gasteiger partial charge on any atom is -0.479 e. The molecule has 0 aromatic rings. The van der Waals surface area contributed by atoms with Crippen molar-refractivity contribution in [3.8, 4) is 0 Å². The Morgan fingerprint density at radius 3 is 1.33 bits per heavy atom. The van der Waals surface area contributed by atoms with Crippen LogP contribution in [0.1, 0.15) is 136 Å². The molecule has 0 aromatic heterocycles. The number of carboxylic acid groups (broad SMARTS) is 1. The SMILES string of the molecule is CCCCCCCCCCCCCCCCCCCOC(CCC)C(=O)O. The van der Waals surface area contributed by atoms with Gasteiger partial charge in [-0.3, -0.25) is 0 Å². The molecule has 1 N–H and O–H groups in total. The summed E-state index contributed by atoms with van der Waals surface area (Å²) in [5.41, 5.74) is 0. The van der Waals surface area contributed by atoms with E-state index in [0.29, 0.717) is 13.0 Å². The van der Waals surface area contributed by atoms with Gasteiger partial charge in [-0.15, -0.1) is 0 Å². The molecule has 1 atom stereocenters. The van der Waals surface area contributed by atoms with Crippen molar-refractivity contribution in [2.75, 3.05) is 6.61 Å². The van der Waals surface area contributed by atoms with E-state index in [4.69, 9.17) is 9.84 Å². The standard InChI is InChI=1S/C24H48O3/c1-3-5-6-7-8-9-10-11-12-13-14-15-16-17-18-19-20-22-27-23(21-4-2)24(25)26/h23H,3-22H2,1-2H3,(H,25,26). The Bertz CT molecular complexity index is 304. The van der Waals surface area contributed by atoms with Gasteiger partial charge >= 0.3 is 5.97 Å². The fourth-order valence-electron chi connectivity index (χ4n) is 3.59. The van der Waals surface area contributed by atoms with Gasteiger partial charge in [0.15, 0.2) is 6.10 Å². The van der Waals surface area contributed by atoms with Crippen molar-refractivity contribution >= 4 is 5.97 Å². The van der Waals surface area contributed by atoms with Crippen molar-refractivity contribution in [2.24, 2.45) is 0 Å². The largest absolute Gasteiger partial charge is 0.479 e. The predicted molar refractivity (Wildman–Crippen MR) is 116 cm³/mol. The highest BCUT2D eigenvalue weighted by atomic mass is 16.5. The van der Waals surface area contributed by atoms with Crippen LogP contribution in [0.25, 0.3) is 0 Å². The van der Waals surface area contributed by atoms with E-state index in [1.165, 1.54) is 96.3 Å². The lowest BCUT2D eigenvalue weighted by Gasteiger charge is -2.12. The van der Waals surface area contributed by atoms with Crippen molar-refractivity contribution in [3.05, 3.63) is 0 Å². The molecule has 0 aliphatic carbocycles. The number of hydrogen-bond acceptors (Lipinski definition) is 2. The van der Waals surface area contributed by atoms with Gasteiger partial charge in [0, 0.05) is 6.61 Å². The molecule has 0 radical (unpaired) electrons. The first-order chi connectivity index (χ1) is 13.2. The fourth-order valence-corrected chi connectivity index (χ4v) is 3.59. The van der Waals surface area contributed by atoms with Gasteiger partial charge < -0.3 is 9.84 Å². The van der Waals surface area contributed by atoms with Gasteiger partial charge in [-0.2, -0.15) is 0 Å². The summed E-state index contributed by atoms with van der Waals surface area (Å²) in [6, 6.07) is 0. The van der Waals surface area contributed by atoms with Gasteiger partial charge in [0.2, 0.25) is 0 Å². The third kappa shape index (κ3) is 20.0. The summed E-state index contributed by atoms with van der Waals surface area (Å²) in [5.74, 6) is -0.816. The molecule has 162 valence electrons. The van der Waals surface area contributed by atoms with Gasteiger partial charge in [0.25, 0.3) is 0 Å². The summed E-state index contributed by atoms with van der Waals surface area (Å²) in [4.78, 5) is 11.0. The van der Waals surface area contributed by atoms with Gasteiger partial charge in [0.1, 0.15) is 0 Å². The van der Waals surface area contributed by atoms with Crippen LogP contribution in [0.3, 0.4) is 0 Å². The van der Waals surface area contributed by atoms with Crippen LogP contribution < -0.4 is 0 Å². The van der Waals surface area contributed by atoms with Gasteiger partial charge in [-0.25, -0.2) is 4.79 Å². The summed E-state index contributed by atoms with van der Waals surface area (Å²) in [7, 11) is 0. The maximum Gasteiger partial charge on any atom is 0.332 e. The molecule has 0 amide bonds. The van der Waals surface area contributed by atoms with Crippen LogP contribution in [0.2, 0.25) is 0 Å². The molecule has 0 heterocycles. The predicted octanol–water partition coefficient (Wildman–Crippen LogP) is 7.91. The van der Waals surface area contributed by atoms with Crippen LogP contribution in [0.4, 0.5) is 0 Å². The number of hydrogen-bond donors (Lipinski definition) is 1. The van der Waals surface area contributed by atoms with Gasteiger partial charge in [-0.05, 0) is 12.8 Å². The minimum atomic E-state index is -0.816. The number of carboxylic acids is 1. The fraction of sp³-hybridized carbons (Fsp3) is 0.958. The quantitative estimate of drug-likeness (QED) is 0.193. The molecular weight excluding hydrogens is 336 g/mol. The van der Waals surface area contributed by atoms with Gasteiger partial charge in [0.05, 0.1) is 0 Å². The zero-order valence-corrected chi connectivity index (χ0v) is 18.5. The zero-order valence-electron chi connectivity index (χ0n) is 18.5. The molecule has 1 unspecified atom stereocenters. The second kappa shape index (κ2) is 21.7. The molecule has 0 aliphatic heterocycles. The first kappa shape index (κ1) is 26.4. The summed E-state index contributed by atoms with van der Waals surface area (Å²) in [6.45, 7) is 4.87. The van der Waals surface area contributed by atoms with Crippen molar-refractivity contribution < 1.29 is 14.6 Å². The van der Waals surface area contributed by atoms with E-state index >= 15 is 0 Å². The van der Waals surface area contributed by atoms with Crippen LogP contribution >= 0.6 is 0 Å². The van der Waals surface area contributed by atoms with E-state index in [2.05, 4.69) is 6.92 Å². The van der Waals surface area contributed by atoms with Crippen LogP contribution in [0, 0.1) is 0 Å². The number of unbranched alkanes of at least 4 members (excludes halogenated alkanes) is 16. The Morgan fingerprint density at radius 1 is 0.630 bits per heavy atom. The molecule has 0 bridgehead atoms. The van der Waals surface area contributed by atoms with Crippen LogP contribution in [0.15, 0.2) is 0 Å². The van der Waals surface area contributed by atoms with Crippen molar-refractivity contribution in [1.29, 1.82) is 0 Å². The van der Waals surface area contributed by atoms with Crippen molar-refractivity contribution in [3.63, 3.8) is 0 Å². The Balaban J connectivity index is 3.15. The number of ether oxygens (including phenoxy) is 1. The van der Waals surface area contributed by atoms with E-state index in [-0.39, 0.29) is 0 Å². The number of rotatable bonds is 22. The highest BCUT2D eigenvalue weighted by Gasteiger charge is 2.15. The molecule has 0 saturated carbocycles. The van der Waals surface area contributed by atoms with E-state index < -0.39 is 12.1 Å². The Labute approximate surface area is 169 Å². The highest BCUT2D eigenvalue weighted by molar-refractivity contribution is 5.72. The van der Waals surface area contributed by atoms with Crippen molar-refractivity contribution in [2.45, 2.75) is 142 Å². The average Bonchev–Trinajstić information content (AvgIpc) is 2.66. The van der Waals surface area contributed by atoms with E-state index in [9.17, 15) is 4.79 Å². The molecule has 3 nitrogen and oxygen atoms in total. The maximum atomic E-state index is 11.0. The summed E-state index contributed by atoms with van der Waals surface area (Å²) >= 11 is 0. The van der Waals surface area contributed by atoms with Gasteiger partial charge in [-0.1, -0.05) is 123 Å². The monoisotopic (exact) mass is 384 g/mol. The number of aliphatic carboxylic acids is 1. The summed E-state index contributed by atoms with van der Waals surface area (Å²) in [5, 5.41) is 9.02. The van der Waals surface area contributed by atoms with E-state index in [1.807, 2.05) is 6.92 Å². The van der Waals surface area contributed by atoms with Crippen molar-refractivity contribution in [1.82, 2.24) is 0 Å². The minimum absolute atomic E-state index is 0.593. The first-order valence-corrected chi connectivity index (χ1v) is 12.1.